The molecule has 0 aliphatic carbocycles. The summed E-state index contributed by atoms with van der Waals surface area (Å²) in [6.45, 7) is 0.546. The van der Waals surface area contributed by atoms with E-state index in [-0.39, 0.29) is 12.3 Å². The van der Waals surface area contributed by atoms with Crippen LogP contribution in [-0.4, -0.2) is 54.9 Å². The predicted molar refractivity (Wildman–Crippen MR) is 179 cm³/mol. The van der Waals surface area contributed by atoms with Gasteiger partial charge in [-0.25, -0.2) is 0 Å². The molecule has 8 nitrogen and oxygen atoms in total. The van der Waals surface area contributed by atoms with Crippen molar-refractivity contribution in [3.63, 3.8) is 0 Å². The Morgan fingerprint density at radius 1 is 0.750 bits per heavy atom. The molecule has 0 aliphatic heterocycles. The minimum atomic E-state index is -2.41. The first-order chi connectivity index (χ1) is 19.5. The number of hydrogen-bond acceptors (Lipinski definition) is 5. The quantitative estimate of drug-likeness (QED) is 0.0950. The summed E-state index contributed by atoms with van der Waals surface area (Å²) in [5.74, 6) is -0.0620. The number of carbonyl (C=O) groups is 1. The van der Waals surface area contributed by atoms with Crippen molar-refractivity contribution >= 4 is 75.7 Å². The molecule has 0 saturated heterocycles. The summed E-state index contributed by atoms with van der Waals surface area (Å²) in [5.41, 5.74) is 5.97. The van der Waals surface area contributed by atoms with Gasteiger partial charge in [-0.1, -0.05) is 0 Å². The SMILES string of the molecule is CNC(=S)N/N=C/C(CCC(=O)NCC[PH](c1ccccc1)(c1ccccc1)c1ccccc1)=N/NC(=S)NC. The summed E-state index contributed by atoms with van der Waals surface area (Å²) in [4.78, 5) is 13.0. The number of amides is 1. The molecule has 1 amide bonds. The molecule has 0 radical (unpaired) electrons. The normalized spacial score (nSPS) is 11.9. The first kappa shape index (κ1) is 30.8. The topological polar surface area (TPSA) is 102 Å². The first-order valence-corrected chi connectivity index (χ1v) is 16.0. The van der Waals surface area contributed by atoms with Crippen LogP contribution in [0.25, 0.3) is 0 Å². The van der Waals surface area contributed by atoms with Crippen LogP contribution in [0.2, 0.25) is 0 Å². The van der Waals surface area contributed by atoms with Crippen molar-refractivity contribution in [2.75, 3.05) is 26.8 Å². The van der Waals surface area contributed by atoms with Crippen LogP contribution >= 0.6 is 31.7 Å². The van der Waals surface area contributed by atoms with Crippen LogP contribution in [0.1, 0.15) is 12.8 Å². The predicted octanol–water partition coefficient (Wildman–Crippen LogP) is 2.14. The van der Waals surface area contributed by atoms with E-state index in [2.05, 4.69) is 110 Å². The van der Waals surface area contributed by atoms with E-state index < -0.39 is 7.26 Å². The van der Waals surface area contributed by atoms with Gasteiger partial charge >= 0.3 is 241 Å². The van der Waals surface area contributed by atoms with Crippen molar-refractivity contribution in [1.82, 2.24) is 26.8 Å². The van der Waals surface area contributed by atoms with Gasteiger partial charge in [-0.05, 0) is 0 Å². The fourth-order valence-electron chi connectivity index (χ4n) is 4.37. The molecule has 3 rings (SSSR count). The van der Waals surface area contributed by atoms with Gasteiger partial charge in [-0.15, -0.1) is 0 Å². The van der Waals surface area contributed by atoms with E-state index in [0.29, 0.717) is 28.9 Å². The monoisotopic (exact) mass is 593 g/mol. The summed E-state index contributed by atoms with van der Waals surface area (Å²) < 4.78 is 0. The van der Waals surface area contributed by atoms with Gasteiger partial charge in [0, 0.05) is 7.05 Å². The fraction of sp³-hybridized carbons (Fsp3) is 0.207. The number of nitrogens with zero attached hydrogens (tertiary/aromatic N) is 2. The number of benzene rings is 3. The third kappa shape index (κ3) is 8.91. The minimum absolute atomic E-state index is 0.0620. The number of hydrazone groups is 2. The van der Waals surface area contributed by atoms with E-state index in [1.165, 1.54) is 22.1 Å². The molecule has 0 aromatic heterocycles. The Morgan fingerprint density at radius 3 is 1.70 bits per heavy atom. The van der Waals surface area contributed by atoms with Crippen molar-refractivity contribution in [1.29, 1.82) is 0 Å². The molecule has 0 saturated carbocycles. The Hall–Kier alpha value is -3.72. The maximum absolute atomic E-state index is 13.0. The van der Waals surface area contributed by atoms with Gasteiger partial charge in [-0.2, -0.15) is 0 Å². The molecule has 40 heavy (non-hydrogen) atoms. The summed E-state index contributed by atoms with van der Waals surface area (Å²) in [6, 6.07) is 32.0. The average Bonchev–Trinajstić information content (AvgIpc) is 3.01. The molecule has 3 aromatic rings. The second-order valence-electron chi connectivity index (χ2n) is 8.85. The molecule has 0 bridgehead atoms. The molecule has 0 spiro atoms. The third-order valence-corrected chi connectivity index (χ3v) is 11.9. The molecule has 0 heterocycles. The summed E-state index contributed by atoms with van der Waals surface area (Å²) in [5, 5.41) is 21.7. The van der Waals surface area contributed by atoms with Crippen LogP contribution in [-0.2, 0) is 4.79 Å². The number of hydrogen-bond donors (Lipinski definition) is 5. The van der Waals surface area contributed by atoms with Crippen molar-refractivity contribution in [3.05, 3.63) is 91.0 Å². The number of rotatable bonds is 12. The van der Waals surface area contributed by atoms with E-state index in [9.17, 15) is 4.79 Å². The van der Waals surface area contributed by atoms with Gasteiger partial charge in [0.2, 0.25) is 0 Å². The van der Waals surface area contributed by atoms with Gasteiger partial charge in [0.15, 0.2) is 0 Å². The van der Waals surface area contributed by atoms with Gasteiger partial charge in [0.1, 0.15) is 0 Å². The number of thiocarbonyl (C=S) groups is 2. The molecule has 5 N–H and O–H groups in total. The molecule has 0 unspecified atom stereocenters. The molecule has 210 valence electrons. The van der Waals surface area contributed by atoms with Gasteiger partial charge < -0.3 is 0 Å². The molecule has 0 aliphatic rings. The average molecular weight is 594 g/mol. The van der Waals surface area contributed by atoms with Crippen LogP contribution in [0.15, 0.2) is 101 Å². The third-order valence-electron chi connectivity index (χ3n) is 6.36. The Labute approximate surface area is 247 Å². The maximum atomic E-state index is 13.0. The van der Waals surface area contributed by atoms with Crippen LogP contribution in [0.3, 0.4) is 0 Å². The summed E-state index contributed by atoms with van der Waals surface area (Å²) >= 11 is 10.1. The summed E-state index contributed by atoms with van der Waals surface area (Å²) in [6.07, 6.45) is 2.94. The van der Waals surface area contributed by atoms with Gasteiger partial charge in [0.05, 0.1) is 0 Å². The van der Waals surface area contributed by atoms with Gasteiger partial charge in [0.25, 0.3) is 0 Å². The molecule has 0 fully saturated rings. The standard InChI is InChI=1S/C29H36N7OPS2/c1-30-28(39)35-33-22-23(34-36-29(40)31-2)18-19-27(37)32-20-21-38(24-12-6-3-7-13-24,25-14-8-4-9-15-25)26-16-10-5-11-17-26/h3-17,22,38H,18-21H2,1-2H3,(H,32,37)(H2,30,35,39)(H2,31,36,40)/b33-22+,34-23+. The van der Waals surface area contributed by atoms with Crippen molar-refractivity contribution in [2.45, 2.75) is 12.8 Å². The molecular weight excluding hydrogens is 557 g/mol. The number of carbonyl (C=O) groups excluding carboxylic acids is 1. The van der Waals surface area contributed by atoms with Crippen LogP contribution in [0, 0.1) is 0 Å². The van der Waals surface area contributed by atoms with Crippen LogP contribution in [0.4, 0.5) is 0 Å². The zero-order chi connectivity index (χ0) is 28.6. The van der Waals surface area contributed by atoms with Crippen LogP contribution in [0.5, 0.6) is 0 Å². The fourth-order valence-corrected chi connectivity index (χ4v) is 9.12. The Bertz CT molecular complexity index is 1210. The molecule has 0 atom stereocenters. The molecule has 3 aromatic carbocycles. The zero-order valence-electron chi connectivity index (χ0n) is 22.7. The van der Waals surface area contributed by atoms with Crippen molar-refractivity contribution in [3.8, 4) is 0 Å². The van der Waals surface area contributed by atoms with E-state index in [1.54, 1.807) is 14.1 Å². The first-order valence-electron chi connectivity index (χ1n) is 13.0. The van der Waals surface area contributed by atoms with Crippen LogP contribution < -0.4 is 42.7 Å². The summed E-state index contributed by atoms with van der Waals surface area (Å²) in [7, 11) is 0.979. The van der Waals surface area contributed by atoms with Crippen molar-refractivity contribution in [2.24, 2.45) is 10.2 Å². The second kappa shape index (κ2) is 16.4. The zero-order valence-corrected chi connectivity index (χ0v) is 25.3. The molecular formula is C29H36N7OPS2. The Balaban J connectivity index is 1.75. The van der Waals surface area contributed by atoms with E-state index in [1.807, 2.05) is 18.2 Å². The Kier molecular flexibility index (Phi) is 12.6. The van der Waals surface area contributed by atoms with E-state index in [0.717, 1.165) is 6.16 Å². The second-order valence-corrected chi connectivity index (χ2v) is 13.7. The van der Waals surface area contributed by atoms with E-state index in [4.69, 9.17) is 24.4 Å². The Morgan fingerprint density at radius 2 is 1.23 bits per heavy atom. The molecule has 11 heteroatoms. The van der Waals surface area contributed by atoms with Crippen molar-refractivity contribution < 1.29 is 4.79 Å². The number of nitrogens with one attached hydrogen (secondary N) is 5. The van der Waals surface area contributed by atoms with E-state index >= 15 is 0 Å². The van der Waals surface area contributed by atoms with Gasteiger partial charge in [-0.3, -0.25) is 0 Å².